The van der Waals surface area contributed by atoms with E-state index >= 15 is 0 Å². The summed E-state index contributed by atoms with van der Waals surface area (Å²) in [6.07, 6.45) is 1.77. The van der Waals surface area contributed by atoms with Crippen LogP contribution in [0.1, 0.15) is 12.6 Å². The lowest BCUT2D eigenvalue weighted by molar-refractivity contribution is 0.437. The lowest BCUT2D eigenvalue weighted by Gasteiger charge is -2.05. The van der Waals surface area contributed by atoms with Gasteiger partial charge in [-0.1, -0.05) is 6.07 Å². The normalized spacial score (nSPS) is 11.4. The molecule has 0 unspecified atom stereocenters. The van der Waals surface area contributed by atoms with Crippen molar-refractivity contribution in [3.05, 3.63) is 30.1 Å². The quantitative estimate of drug-likeness (QED) is 0.486. The van der Waals surface area contributed by atoms with Crippen LogP contribution in [0, 0.1) is 0 Å². The summed E-state index contributed by atoms with van der Waals surface area (Å²) in [5, 5.41) is 6.00. The molecule has 0 saturated heterocycles. The van der Waals surface area contributed by atoms with Crippen LogP contribution in [0.5, 0.6) is 0 Å². The molecule has 0 amide bonds. The van der Waals surface area contributed by atoms with Crippen LogP contribution in [0.2, 0.25) is 0 Å². The SMILES string of the molecule is CC(=NN(C)C)c1ccccn1. The summed E-state index contributed by atoms with van der Waals surface area (Å²) < 4.78 is 0. The molecule has 0 N–H and O–H groups in total. The molecule has 0 saturated carbocycles. The highest BCUT2D eigenvalue weighted by molar-refractivity contribution is 5.96. The molecule has 0 bridgehead atoms. The van der Waals surface area contributed by atoms with E-state index in [1.54, 1.807) is 11.2 Å². The Morgan fingerprint density at radius 2 is 2.17 bits per heavy atom. The molecule has 1 rings (SSSR count). The van der Waals surface area contributed by atoms with Gasteiger partial charge in [0.15, 0.2) is 0 Å². The van der Waals surface area contributed by atoms with Crippen LogP contribution in [0.15, 0.2) is 29.5 Å². The number of aromatic nitrogens is 1. The zero-order valence-corrected chi connectivity index (χ0v) is 7.65. The smallest absolute Gasteiger partial charge is 0.0859 e. The van der Waals surface area contributed by atoms with E-state index < -0.39 is 0 Å². The molecule has 1 aromatic heterocycles. The third kappa shape index (κ3) is 2.34. The van der Waals surface area contributed by atoms with Crippen molar-refractivity contribution in [2.75, 3.05) is 14.1 Å². The van der Waals surface area contributed by atoms with Crippen molar-refractivity contribution in [1.29, 1.82) is 0 Å². The average Bonchev–Trinajstić information content (AvgIpc) is 2.05. The number of hydrogen-bond donors (Lipinski definition) is 0. The first-order valence-corrected chi connectivity index (χ1v) is 3.84. The van der Waals surface area contributed by atoms with E-state index in [-0.39, 0.29) is 0 Å². The van der Waals surface area contributed by atoms with E-state index in [4.69, 9.17) is 0 Å². The van der Waals surface area contributed by atoms with Crippen molar-refractivity contribution < 1.29 is 0 Å². The summed E-state index contributed by atoms with van der Waals surface area (Å²) in [4.78, 5) is 4.17. The van der Waals surface area contributed by atoms with Crippen LogP contribution < -0.4 is 0 Å². The van der Waals surface area contributed by atoms with Crippen molar-refractivity contribution in [2.45, 2.75) is 6.92 Å². The Labute approximate surface area is 72.7 Å². The second-order valence-corrected chi connectivity index (χ2v) is 2.75. The van der Waals surface area contributed by atoms with Crippen LogP contribution in [0.3, 0.4) is 0 Å². The largest absolute Gasteiger partial charge is 0.303 e. The fourth-order valence-corrected chi connectivity index (χ4v) is 0.928. The van der Waals surface area contributed by atoms with E-state index in [9.17, 15) is 0 Å². The molecule has 0 aliphatic heterocycles. The van der Waals surface area contributed by atoms with Gasteiger partial charge in [0.05, 0.1) is 11.4 Å². The maximum absolute atomic E-state index is 4.24. The van der Waals surface area contributed by atoms with Gasteiger partial charge in [-0.05, 0) is 19.1 Å². The standard InChI is InChI=1S/C9H13N3/c1-8(11-12(2)3)9-6-4-5-7-10-9/h4-7H,1-3H3. The lowest BCUT2D eigenvalue weighted by Crippen LogP contribution is -2.08. The zero-order valence-electron chi connectivity index (χ0n) is 7.65. The first-order chi connectivity index (χ1) is 5.70. The molecule has 3 nitrogen and oxygen atoms in total. The first kappa shape index (κ1) is 8.71. The van der Waals surface area contributed by atoms with Crippen LogP contribution in [0.4, 0.5) is 0 Å². The van der Waals surface area contributed by atoms with Crippen LogP contribution in [0.25, 0.3) is 0 Å². The second kappa shape index (κ2) is 3.85. The van der Waals surface area contributed by atoms with Crippen LogP contribution in [-0.4, -0.2) is 29.8 Å². The molecule has 0 spiro atoms. The van der Waals surface area contributed by atoms with E-state index in [0.29, 0.717) is 0 Å². The average molecular weight is 163 g/mol. The van der Waals surface area contributed by atoms with Crippen molar-refractivity contribution >= 4 is 5.71 Å². The topological polar surface area (TPSA) is 28.5 Å². The number of pyridine rings is 1. The van der Waals surface area contributed by atoms with E-state index in [1.165, 1.54) is 0 Å². The molecule has 64 valence electrons. The van der Waals surface area contributed by atoms with E-state index in [1.807, 2.05) is 39.2 Å². The zero-order chi connectivity index (χ0) is 8.97. The molecule has 0 fully saturated rings. The lowest BCUT2D eigenvalue weighted by atomic mass is 10.3. The summed E-state index contributed by atoms with van der Waals surface area (Å²) in [5.74, 6) is 0. The van der Waals surface area contributed by atoms with Crippen molar-refractivity contribution in [1.82, 2.24) is 9.99 Å². The van der Waals surface area contributed by atoms with Gasteiger partial charge in [-0.25, -0.2) is 0 Å². The molecule has 0 radical (unpaired) electrons. The third-order valence-corrected chi connectivity index (χ3v) is 1.39. The van der Waals surface area contributed by atoms with Gasteiger partial charge < -0.3 is 5.01 Å². The van der Waals surface area contributed by atoms with Gasteiger partial charge in [0.25, 0.3) is 0 Å². The third-order valence-electron chi connectivity index (χ3n) is 1.39. The number of rotatable bonds is 2. The van der Waals surface area contributed by atoms with E-state index in [2.05, 4.69) is 10.1 Å². The predicted octanol–water partition coefficient (Wildman–Crippen LogP) is 1.37. The highest BCUT2D eigenvalue weighted by atomic mass is 15.4. The summed E-state index contributed by atoms with van der Waals surface area (Å²) in [6, 6.07) is 5.80. The minimum absolute atomic E-state index is 0.922. The molecule has 0 aliphatic rings. The maximum Gasteiger partial charge on any atom is 0.0859 e. The molecule has 0 aromatic carbocycles. The molecule has 0 atom stereocenters. The Kier molecular flexibility index (Phi) is 2.80. The minimum Gasteiger partial charge on any atom is -0.303 e. The van der Waals surface area contributed by atoms with Crippen molar-refractivity contribution in [3.8, 4) is 0 Å². The molecule has 12 heavy (non-hydrogen) atoms. The number of hydrazone groups is 1. The highest BCUT2D eigenvalue weighted by Gasteiger charge is 1.96. The Bertz CT molecular complexity index is 264. The predicted molar refractivity (Wildman–Crippen MR) is 50.1 cm³/mol. The first-order valence-electron chi connectivity index (χ1n) is 3.84. The monoisotopic (exact) mass is 163 g/mol. The van der Waals surface area contributed by atoms with Crippen LogP contribution >= 0.6 is 0 Å². The molecular formula is C9H13N3. The Hall–Kier alpha value is -1.38. The summed E-state index contributed by atoms with van der Waals surface area (Å²) in [5.41, 5.74) is 1.85. The summed E-state index contributed by atoms with van der Waals surface area (Å²) in [6.45, 7) is 1.95. The van der Waals surface area contributed by atoms with Gasteiger partial charge in [0, 0.05) is 20.3 Å². The van der Waals surface area contributed by atoms with Gasteiger partial charge in [-0.3, -0.25) is 4.98 Å². The van der Waals surface area contributed by atoms with Gasteiger partial charge in [0.2, 0.25) is 0 Å². The van der Waals surface area contributed by atoms with E-state index in [0.717, 1.165) is 11.4 Å². The Morgan fingerprint density at radius 3 is 2.67 bits per heavy atom. The molecular weight excluding hydrogens is 150 g/mol. The number of hydrogen-bond acceptors (Lipinski definition) is 3. The Balaban J connectivity index is 2.85. The highest BCUT2D eigenvalue weighted by Crippen LogP contribution is 1.96. The van der Waals surface area contributed by atoms with Gasteiger partial charge in [-0.2, -0.15) is 5.10 Å². The van der Waals surface area contributed by atoms with Crippen molar-refractivity contribution in [3.63, 3.8) is 0 Å². The molecule has 1 heterocycles. The minimum atomic E-state index is 0.922. The molecule has 1 aromatic rings. The van der Waals surface area contributed by atoms with Crippen LogP contribution in [-0.2, 0) is 0 Å². The fraction of sp³-hybridized carbons (Fsp3) is 0.333. The van der Waals surface area contributed by atoms with Gasteiger partial charge in [0.1, 0.15) is 0 Å². The summed E-state index contributed by atoms with van der Waals surface area (Å²) >= 11 is 0. The summed E-state index contributed by atoms with van der Waals surface area (Å²) in [7, 11) is 3.79. The van der Waals surface area contributed by atoms with Gasteiger partial charge in [-0.15, -0.1) is 0 Å². The van der Waals surface area contributed by atoms with Crippen molar-refractivity contribution in [2.24, 2.45) is 5.10 Å². The fourth-order valence-electron chi connectivity index (χ4n) is 0.928. The number of nitrogens with zero attached hydrogens (tertiary/aromatic N) is 3. The Morgan fingerprint density at radius 1 is 1.42 bits per heavy atom. The second-order valence-electron chi connectivity index (χ2n) is 2.75. The molecule has 3 heteroatoms. The molecule has 0 aliphatic carbocycles. The maximum atomic E-state index is 4.24. The van der Waals surface area contributed by atoms with Gasteiger partial charge >= 0.3 is 0 Å².